The Morgan fingerprint density at radius 3 is 2.68 bits per heavy atom. The summed E-state index contributed by atoms with van der Waals surface area (Å²) in [5.74, 6) is 3.15. The number of hydrogen-bond acceptors (Lipinski definition) is 4. The van der Waals surface area contributed by atoms with Crippen molar-refractivity contribution in [2.24, 2.45) is 4.99 Å². The summed E-state index contributed by atoms with van der Waals surface area (Å²) >= 11 is 0. The van der Waals surface area contributed by atoms with Crippen LogP contribution >= 0.6 is 0 Å². The monoisotopic (exact) mass is 421 g/mol. The minimum absolute atomic E-state index is 0.573. The molecule has 31 heavy (non-hydrogen) atoms. The number of methoxy groups -OCH3 is 1. The zero-order valence-corrected chi connectivity index (χ0v) is 18.5. The maximum atomic E-state index is 5.67. The number of nitrogens with one attached hydrogen (secondary N) is 2. The number of rotatable bonds is 10. The summed E-state index contributed by atoms with van der Waals surface area (Å²) in [4.78, 5) is 9.23. The first-order chi connectivity index (χ1) is 15.2. The Balaban J connectivity index is 1.64. The summed E-state index contributed by atoms with van der Waals surface area (Å²) in [5, 5.41) is 6.63. The average molecular weight is 422 g/mol. The lowest BCUT2D eigenvalue weighted by Gasteiger charge is -2.14. The summed E-state index contributed by atoms with van der Waals surface area (Å²) in [7, 11) is 1.64. The molecular formula is C24H31N5O2. The second-order valence-electron chi connectivity index (χ2n) is 6.89. The standard InChI is InChI=1S/C24H31N5O2/c1-4-25-24(28-20-11-12-21(30-3)22(17-20)31-5-2)27-14-13-23-26-15-16-29(23)18-19-9-7-6-8-10-19/h6-12,15-17H,4-5,13-14,18H2,1-3H3,(H2,25,27,28). The molecule has 0 spiro atoms. The summed E-state index contributed by atoms with van der Waals surface area (Å²) in [6.07, 6.45) is 4.61. The van der Waals surface area contributed by atoms with Gasteiger partial charge in [0.25, 0.3) is 0 Å². The Labute approximate surface area is 184 Å². The lowest BCUT2D eigenvalue weighted by molar-refractivity contribution is 0.311. The van der Waals surface area contributed by atoms with Gasteiger partial charge in [0.15, 0.2) is 17.5 Å². The van der Waals surface area contributed by atoms with Crippen LogP contribution in [0.1, 0.15) is 25.2 Å². The Morgan fingerprint density at radius 1 is 1.10 bits per heavy atom. The molecule has 164 valence electrons. The first kappa shape index (κ1) is 22.2. The largest absolute Gasteiger partial charge is 0.493 e. The van der Waals surface area contributed by atoms with E-state index in [9.17, 15) is 0 Å². The van der Waals surface area contributed by atoms with Crippen LogP contribution in [0.15, 0.2) is 65.9 Å². The molecule has 0 saturated carbocycles. The van der Waals surface area contributed by atoms with E-state index in [1.54, 1.807) is 7.11 Å². The zero-order valence-electron chi connectivity index (χ0n) is 18.5. The van der Waals surface area contributed by atoms with E-state index in [1.807, 2.05) is 50.5 Å². The van der Waals surface area contributed by atoms with Crippen molar-refractivity contribution in [3.8, 4) is 11.5 Å². The van der Waals surface area contributed by atoms with Crippen LogP contribution in [0.3, 0.4) is 0 Å². The molecule has 1 aromatic heterocycles. The molecule has 0 aliphatic carbocycles. The predicted octanol–water partition coefficient (Wildman–Crippen LogP) is 3.96. The normalized spacial score (nSPS) is 11.3. The van der Waals surface area contributed by atoms with Crippen molar-refractivity contribution in [1.82, 2.24) is 14.9 Å². The van der Waals surface area contributed by atoms with E-state index in [2.05, 4.69) is 44.5 Å². The highest BCUT2D eigenvalue weighted by atomic mass is 16.5. The van der Waals surface area contributed by atoms with Crippen LogP contribution in [-0.4, -0.2) is 42.3 Å². The summed E-state index contributed by atoms with van der Waals surface area (Å²) in [5.41, 5.74) is 2.14. The van der Waals surface area contributed by atoms with Gasteiger partial charge in [-0.3, -0.25) is 4.99 Å². The van der Waals surface area contributed by atoms with Crippen molar-refractivity contribution in [3.05, 3.63) is 72.3 Å². The second-order valence-corrected chi connectivity index (χ2v) is 6.89. The van der Waals surface area contributed by atoms with E-state index in [-0.39, 0.29) is 0 Å². The van der Waals surface area contributed by atoms with Gasteiger partial charge in [-0.15, -0.1) is 0 Å². The molecule has 1 heterocycles. The molecule has 7 heteroatoms. The predicted molar refractivity (Wildman–Crippen MR) is 125 cm³/mol. The van der Waals surface area contributed by atoms with Gasteiger partial charge in [-0.05, 0) is 31.5 Å². The fourth-order valence-electron chi connectivity index (χ4n) is 3.23. The van der Waals surface area contributed by atoms with Crippen LogP contribution in [0.2, 0.25) is 0 Å². The van der Waals surface area contributed by atoms with Crippen LogP contribution in [0, 0.1) is 0 Å². The Kier molecular flexibility index (Phi) is 8.34. The van der Waals surface area contributed by atoms with Crippen LogP contribution in [0.25, 0.3) is 0 Å². The van der Waals surface area contributed by atoms with Gasteiger partial charge in [-0.25, -0.2) is 4.98 Å². The van der Waals surface area contributed by atoms with Crippen molar-refractivity contribution in [1.29, 1.82) is 0 Å². The van der Waals surface area contributed by atoms with E-state index in [4.69, 9.17) is 14.5 Å². The summed E-state index contributed by atoms with van der Waals surface area (Å²) in [6, 6.07) is 16.1. The number of benzene rings is 2. The number of anilines is 1. The lowest BCUT2D eigenvalue weighted by atomic mass is 10.2. The molecule has 7 nitrogen and oxygen atoms in total. The molecule has 0 saturated heterocycles. The third kappa shape index (κ3) is 6.50. The average Bonchev–Trinajstić information content (AvgIpc) is 3.22. The van der Waals surface area contributed by atoms with Gasteiger partial charge in [-0.2, -0.15) is 0 Å². The topological polar surface area (TPSA) is 72.7 Å². The molecule has 0 amide bonds. The molecule has 2 N–H and O–H groups in total. The Hall–Kier alpha value is -3.48. The highest BCUT2D eigenvalue weighted by Gasteiger charge is 2.08. The van der Waals surface area contributed by atoms with Crippen LogP contribution in [0.4, 0.5) is 5.69 Å². The van der Waals surface area contributed by atoms with Gasteiger partial charge in [0.1, 0.15) is 5.82 Å². The first-order valence-corrected chi connectivity index (χ1v) is 10.6. The first-order valence-electron chi connectivity index (χ1n) is 10.6. The molecular weight excluding hydrogens is 390 g/mol. The maximum Gasteiger partial charge on any atom is 0.195 e. The van der Waals surface area contributed by atoms with Gasteiger partial charge < -0.3 is 24.7 Å². The third-order valence-corrected chi connectivity index (χ3v) is 4.67. The molecule has 0 atom stereocenters. The van der Waals surface area contributed by atoms with Crippen molar-refractivity contribution >= 4 is 11.6 Å². The fourth-order valence-corrected chi connectivity index (χ4v) is 3.23. The quantitative estimate of drug-likeness (QED) is 0.383. The maximum absolute atomic E-state index is 5.67. The Bertz CT molecular complexity index is 969. The molecule has 0 radical (unpaired) electrons. The summed E-state index contributed by atoms with van der Waals surface area (Å²) < 4.78 is 13.2. The van der Waals surface area contributed by atoms with Crippen molar-refractivity contribution in [3.63, 3.8) is 0 Å². The van der Waals surface area contributed by atoms with E-state index < -0.39 is 0 Å². The summed E-state index contributed by atoms with van der Waals surface area (Å²) in [6.45, 7) is 6.77. The molecule has 3 aromatic rings. The van der Waals surface area contributed by atoms with E-state index >= 15 is 0 Å². The molecule has 0 aliphatic heterocycles. The van der Waals surface area contributed by atoms with Gasteiger partial charge in [-0.1, -0.05) is 30.3 Å². The number of aliphatic imine (C=N–C) groups is 1. The van der Waals surface area contributed by atoms with E-state index in [1.165, 1.54) is 5.56 Å². The number of aromatic nitrogens is 2. The number of guanidine groups is 1. The fraction of sp³-hybridized carbons (Fsp3) is 0.333. The lowest BCUT2D eigenvalue weighted by Crippen LogP contribution is -2.31. The number of hydrogen-bond donors (Lipinski definition) is 2. The van der Waals surface area contributed by atoms with Crippen molar-refractivity contribution < 1.29 is 9.47 Å². The van der Waals surface area contributed by atoms with E-state index in [0.29, 0.717) is 24.7 Å². The molecule has 0 aliphatic rings. The minimum atomic E-state index is 0.573. The highest BCUT2D eigenvalue weighted by Crippen LogP contribution is 2.30. The van der Waals surface area contributed by atoms with Gasteiger partial charge >= 0.3 is 0 Å². The van der Waals surface area contributed by atoms with Crippen LogP contribution in [-0.2, 0) is 13.0 Å². The van der Waals surface area contributed by atoms with Crippen LogP contribution < -0.4 is 20.1 Å². The number of imidazole rings is 1. The van der Waals surface area contributed by atoms with Gasteiger partial charge in [0.2, 0.25) is 0 Å². The van der Waals surface area contributed by atoms with Gasteiger partial charge in [0, 0.05) is 50.2 Å². The van der Waals surface area contributed by atoms with E-state index in [0.717, 1.165) is 37.0 Å². The van der Waals surface area contributed by atoms with Crippen molar-refractivity contribution in [2.75, 3.05) is 32.1 Å². The third-order valence-electron chi connectivity index (χ3n) is 4.67. The molecule has 0 unspecified atom stereocenters. The minimum Gasteiger partial charge on any atom is -0.493 e. The molecule has 3 rings (SSSR count). The number of ether oxygens (including phenoxy) is 2. The SMILES string of the molecule is CCNC(=NCCc1nccn1Cc1ccccc1)Nc1ccc(OC)c(OCC)c1. The molecule has 0 bridgehead atoms. The Morgan fingerprint density at radius 2 is 1.94 bits per heavy atom. The zero-order chi connectivity index (χ0) is 21.9. The van der Waals surface area contributed by atoms with Gasteiger partial charge in [0.05, 0.1) is 13.7 Å². The molecule has 0 fully saturated rings. The second kappa shape index (κ2) is 11.6. The molecule has 2 aromatic carbocycles. The smallest absolute Gasteiger partial charge is 0.195 e. The van der Waals surface area contributed by atoms with Crippen molar-refractivity contribution in [2.45, 2.75) is 26.8 Å². The number of nitrogens with zero attached hydrogens (tertiary/aromatic N) is 3. The highest BCUT2D eigenvalue weighted by molar-refractivity contribution is 5.93. The van der Waals surface area contributed by atoms with Crippen LogP contribution in [0.5, 0.6) is 11.5 Å².